The number of ether oxygens (including phenoxy) is 2. The molecular weight excluding hydrogens is 270 g/mol. The number of furan rings is 1. The number of rotatable bonds is 3. The first kappa shape index (κ1) is 14.6. The van der Waals surface area contributed by atoms with E-state index in [1.165, 1.54) is 26.4 Å². The van der Waals surface area contributed by atoms with E-state index < -0.39 is 0 Å². The lowest BCUT2D eigenvalue weighted by Crippen LogP contribution is -2.52. The molecule has 116 valence electrons. The van der Waals surface area contributed by atoms with E-state index in [1.807, 2.05) is 6.07 Å². The second-order valence-corrected chi connectivity index (χ2v) is 5.91. The summed E-state index contributed by atoms with van der Waals surface area (Å²) in [5, 5.41) is 0. The van der Waals surface area contributed by atoms with E-state index in [-0.39, 0.29) is 5.97 Å². The zero-order valence-electron chi connectivity index (χ0n) is 12.8. The summed E-state index contributed by atoms with van der Waals surface area (Å²) < 4.78 is 16.4. The monoisotopic (exact) mass is 293 g/mol. The number of esters is 1. The first-order valence-corrected chi connectivity index (χ1v) is 7.72. The molecule has 2 unspecified atom stereocenters. The van der Waals surface area contributed by atoms with Gasteiger partial charge in [0.05, 0.1) is 26.4 Å². The SMILES string of the molecule is COC(=O)c1cc(CN2CCOC3CCCCC32)oc1C. The van der Waals surface area contributed by atoms with Gasteiger partial charge in [-0.15, -0.1) is 0 Å². The minimum Gasteiger partial charge on any atom is -0.465 e. The van der Waals surface area contributed by atoms with Crippen molar-refractivity contribution in [2.75, 3.05) is 20.3 Å². The number of nitrogens with zero attached hydrogens (tertiary/aromatic N) is 1. The molecule has 0 bridgehead atoms. The molecule has 0 radical (unpaired) electrons. The first-order valence-electron chi connectivity index (χ1n) is 7.72. The maximum atomic E-state index is 11.7. The normalized spacial score (nSPS) is 26.4. The van der Waals surface area contributed by atoms with E-state index in [4.69, 9.17) is 13.9 Å². The number of carbonyl (C=O) groups is 1. The van der Waals surface area contributed by atoms with Gasteiger partial charge >= 0.3 is 5.97 Å². The van der Waals surface area contributed by atoms with Crippen LogP contribution in [0.4, 0.5) is 0 Å². The molecule has 21 heavy (non-hydrogen) atoms. The Balaban J connectivity index is 1.72. The van der Waals surface area contributed by atoms with Crippen LogP contribution in [0.15, 0.2) is 10.5 Å². The fourth-order valence-corrected chi connectivity index (χ4v) is 3.51. The molecule has 5 nitrogen and oxygen atoms in total. The Morgan fingerprint density at radius 1 is 1.43 bits per heavy atom. The molecule has 3 rings (SSSR count). The number of methoxy groups -OCH3 is 1. The predicted octanol–water partition coefficient (Wildman–Crippen LogP) is 2.52. The quantitative estimate of drug-likeness (QED) is 0.802. The second kappa shape index (κ2) is 6.20. The lowest BCUT2D eigenvalue weighted by Gasteiger charge is -2.43. The number of aryl methyl sites for hydroxylation is 1. The first-order chi connectivity index (χ1) is 10.2. The summed E-state index contributed by atoms with van der Waals surface area (Å²) in [5.74, 6) is 1.13. The lowest BCUT2D eigenvalue weighted by atomic mass is 9.90. The van der Waals surface area contributed by atoms with Crippen molar-refractivity contribution in [3.63, 3.8) is 0 Å². The summed E-state index contributed by atoms with van der Waals surface area (Å²) in [5.41, 5.74) is 0.529. The van der Waals surface area contributed by atoms with Gasteiger partial charge in [-0.2, -0.15) is 0 Å². The molecule has 1 aliphatic carbocycles. The van der Waals surface area contributed by atoms with Crippen LogP contribution in [0, 0.1) is 6.92 Å². The van der Waals surface area contributed by atoms with Gasteiger partial charge in [-0.25, -0.2) is 4.79 Å². The molecule has 0 spiro atoms. The molecule has 1 aromatic heterocycles. The Morgan fingerprint density at radius 3 is 3.05 bits per heavy atom. The van der Waals surface area contributed by atoms with Crippen LogP contribution in [0.25, 0.3) is 0 Å². The minimum atomic E-state index is -0.333. The van der Waals surface area contributed by atoms with Crippen molar-refractivity contribution in [1.29, 1.82) is 0 Å². The van der Waals surface area contributed by atoms with Gasteiger partial charge in [-0.05, 0) is 25.8 Å². The number of carbonyl (C=O) groups excluding carboxylic acids is 1. The number of hydrogen-bond donors (Lipinski definition) is 0. The van der Waals surface area contributed by atoms with Gasteiger partial charge in [-0.3, -0.25) is 4.90 Å². The third-order valence-electron chi connectivity index (χ3n) is 4.58. The van der Waals surface area contributed by atoms with Crippen LogP contribution in [-0.4, -0.2) is 43.3 Å². The molecule has 1 saturated carbocycles. The molecule has 1 aliphatic heterocycles. The van der Waals surface area contributed by atoms with Crippen molar-refractivity contribution in [2.45, 2.75) is 51.3 Å². The average molecular weight is 293 g/mol. The molecule has 1 aromatic rings. The summed E-state index contributed by atoms with van der Waals surface area (Å²) in [6.07, 6.45) is 5.25. The second-order valence-electron chi connectivity index (χ2n) is 5.91. The van der Waals surface area contributed by atoms with Gasteiger partial charge in [-0.1, -0.05) is 12.8 Å². The average Bonchev–Trinajstić information content (AvgIpc) is 2.87. The van der Waals surface area contributed by atoms with Crippen LogP contribution in [-0.2, 0) is 16.0 Å². The predicted molar refractivity (Wildman–Crippen MR) is 77.2 cm³/mol. The Kier molecular flexibility index (Phi) is 4.31. The molecule has 5 heteroatoms. The van der Waals surface area contributed by atoms with Crippen LogP contribution >= 0.6 is 0 Å². The largest absolute Gasteiger partial charge is 0.465 e. The van der Waals surface area contributed by atoms with Crippen molar-refractivity contribution in [1.82, 2.24) is 4.90 Å². The highest BCUT2D eigenvalue weighted by molar-refractivity contribution is 5.90. The smallest absolute Gasteiger partial charge is 0.341 e. The van der Waals surface area contributed by atoms with Crippen molar-refractivity contribution < 1.29 is 18.7 Å². The van der Waals surface area contributed by atoms with E-state index in [2.05, 4.69) is 4.90 Å². The van der Waals surface area contributed by atoms with E-state index >= 15 is 0 Å². The fourth-order valence-electron chi connectivity index (χ4n) is 3.51. The van der Waals surface area contributed by atoms with E-state index in [9.17, 15) is 4.79 Å². The van der Waals surface area contributed by atoms with Gasteiger partial charge in [0, 0.05) is 12.6 Å². The molecular formula is C16H23NO4. The lowest BCUT2D eigenvalue weighted by molar-refractivity contribution is -0.0926. The van der Waals surface area contributed by atoms with Gasteiger partial charge in [0.2, 0.25) is 0 Å². The summed E-state index contributed by atoms with van der Waals surface area (Å²) in [6.45, 7) is 4.25. The Morgan fingerprint density at radius 2 is 2.24 bits per heavy atom. The highest BCUT2D eigenvalue weighted by Crippen LogP contribution is 2.30. The van der Waals surface area contributed by atoms with Gasteiger partial charge in [0.25, 0.3) is 0 Å². The fraction of sp³-hybridized carbons (Fsp3) is 0.688. The maximum absolute atomic E-state index is 11.7. The molecule has 2 heterocycles. The number of hydrogen-bond acceptors (Lipinski definition) is 5. The van der Waals surface area contributed by atoms with Crippen LogP contribution in [0.1, 0.15) is 47.6 Å². The standard InChI is InChI=1S/C16H23NO4/c1-11-13(16(18)19-2)9-12(21-11)10-17-7-8-20-15-6-4-3-5-14(15)17/h9,14-15H,3-8,10H2,1-2H3. The maximum Gasteiger partial charge on any atom is 0.341 e. The Hall–Kier alpha value is -1.33. The van der Waals surface area contributed by atoms with Crippen LogP contribution in [0.2, 0.25) is 0 Å². The zero-order valence-corrected chi connectivity index (χ0v) is 12.8. The molecule has 2 aliphatic rings. The molecule has 2 atom stereocenters. The molecule has 0 amide bonds. The highest BCUT2D eigenvalue weighted by atomic mass is 16.5. The topological polar surface area (TPSA) is 51.9 Å². The number of fused-ring (bicyclic) bond motifs is 1. The molecule has 0 aromatic carbocycles. The Bertz CT molecular complexity index is 508. The van der Waals surface area contributed by atoms with Crippen LogP contribution in [0.3, 0.4) is 0 Å². The summed E-state index contributed by atoms with van der Waals surface area (Å²) in [4.78, 5) is 14.1. The molecule has 0 N–H and O–H groups in total. The van der Waals surface area contributed by atoms with Gasteiger partial charge in [0.15, 0.2) is 0 Å². The summed E-state index contributed by atoms with van der Waals surface area (Å²) in [6, 6.07) is 2.30. The number of morpholine rings is 1. The summed E-state index contributed by atoms with van der Waals surface area (Å²) >= 11 is 0. The van der Waals surface area contributed by atoms with Crippen molar-refractivity contribution in [3.8, 4) is 0 Å². The third-order valence-corrected chi connectivity index (χ3v) is 4.58. The van der Waals surface area contributed by atoms with E-state index in [0.29, 0.717) is 23.5 Å². The zero-order chi connectivity index (χ0) is 14.8. The van der Waals surface area contributed by atoms with Crippen molar-refractivity contribution >= 4 is 5.97 Å². The highest BCUT2D eigenvalue weighted by Gasteiger charge is 2.34. The molecule has 1 saturated heterocycles. The van der Waals surface area contributed by atoms with Crippen molar-refractivity contribution in [3.05, 3.63) is 23.2 Å². The van der Waals surface area contributed by atoms with Crippen molar-refractivity contribution in [2.24, 2.45) is 0 Å². The molecule has 2 fully saturated rings. The van der Waals surface area contributed by atoms with Gasteiger partial charge < -0.3 is 13.9 Å². The minimum absolute atomic E-state index is 0.333. The Labute approximate surface area is 125 Å². The van der Waals surface area contributed by atoms with Crippen LogP contribution < -0.4 is 0 Å². The summed E-state index contributed by atoms with van der Waals surface area (Å²) in [7, 11) is 1.39. The van der Waals surface area contributed by atoms with E-state index in [1.54, 1.807) is 6.92 Å². The third kappa shape index (κ3) is 2.99. The van der Waals surface area contributed by atoms with Crippen LogP contribution in [0.5, 0.6) is 0 Å². The van der Waals surface area contributed by atoms with E-state index in [0.717, 1.165) is 31.9 Å². The van der Waals surface area contributed by atoms with Gasteiger partial charge in [0.1, 0.15) is 17.1 Å².